The summed E-state index contributed by atoms with van der Waals surface area (Å²) in [5.74, 6) is 0. The van der Waals surface area contributed by atoms with Crippen molar-refractivity contribution in [3.05, 3.63) is 0 Å². The molecule has 0 heterocycles. The molecule has 0 amide bonds. The van der Waals surface area contributed by atoms with Gasteiger partial charge in [0.15, 0.2) is 0 Å². The van der Waals surface area contributed by atoms with E-state index in [1.54, 1.807) is 0 Å². The van der Waals surface area contributed by atoms with Crippen LogP contribution in [0.1, 0.15) is 40.5 Å². The SMILES string of the molecule is CC(C)P(CCCCN)C(C)C. The lowest BCUT2D eigenvalue weighted by atomic mass is 10.3. The summed E-state index contributed by atoms with van der Waals surface area (Å²) in [6.07, 6.45) is 3.96. The Morgan fingerprint density at radius 2 is 1.50 bits per heavy atom. The van der Waals surface area contributed by atoms with Gasteiger partial charge in [-0.3, -0.25) is 0 Å². The Hall–Kier alpha value is 0.390. The third kappa shape index (κ3) is 5.11. The molecule has 2 heteroatoms. The molecule has 0 aliphatic rings. The van der Waals surface area contributed by atoms with Crippen LogP contribution in [0.15, 0.2) is 0 Å². The third-order valence-electron chi connectivity index (χ3n) is 2.20. The van der Waals surface area contributed by atoms with E-state index >= 15 is 0 Å². The first-order valence-electron chi connectivity index (χ1n) is 5.05. The van der Waals surface area contributed by atoms with Gasteiger partial charge in [-0.25, -0.2) is 0 Å². The zero-order valence-electron chi connectivity index (χ0n) is 9.01. The van der Waals surface area contributed by atoms with Crippen LogP contribution in [0, 0.1) is 0 Å². The monoisotopic (exact) mass is 189 g/mol. The third-order valence-corrected chi connectivity index (χ3v) is 5.68. The van der Waals surface area contributed by atoms with Crippen LogP contribution >= 0.6 is 7.92 Å². The van der Waals surface area contributed by atoms with E-state index in [0.29, 0.717) is 0 Å². The largest absolute Gasteiger partial charge is 0.330 e. The Bertz CT molecular complexity index is 94.0. The lowest BCUT2D eigenvalue weighted by Crippen LogP contribution is -2.08. The van der Waals surface area contributed by atoms with Crippen LogP contribution in [-0.4, -0.2) is 24.0 Å². The van der Waals surface area contributed by atoms with Gasteiger partial charge < -0.3 is 5.73 Å². The highest BCUT2D eigenvalue weighted by molar-refractivity contribution is 7.59. The summed E-state index contributed by atoms with van der Waals surface area (Å²) in [5.41, 5.74) is 7.25. The molecule has 0 unspecified atom stereocenters. The highest BCUT2D eigenvalue weighted by Crippen LogP contribution is 2.46. The molecule has 0 saturated heterocycles. The molecule has 1 nitrogen and oxygen atoms in total. The van der Waals surface area contributed by atoms with Crippen LogP contribution < -0.4 is 5.73 Å². The molecule has 74 valence electrons. The molecule has 0 aromatic rings. The van der Waals surface area contributed by atoms with E-state index in [4.69, 9.17) is 5.73 Å². The van der Waals surface area contributed by atoms with Crippen molar-refractivity contribution in [3.8, 4) is 0 Å². The average Bonchev–Trinajstić information content (AvgIpc) is 1.96. The van der Waals surface area contributed by atoms with Crippen LogP contribution in [-0.2, 0) is 0 Å². The van der Waals surface area contributed by atoms with Gasteiger partial charge in [0.2, 0.25) is 0 Å². The van der Waals surface area contributed by atoms with Crippen molar-refractivity contribution in [2.24, 2.45) is 5.73 Å². The van der Waals surface area contributed by atoms with E-state index in [9.17, 15) is 0 Å². The van der Waals surface area contributed by atoms with Gasteiger partial charge >= 0.3 is 0 Å². The van der Waals surface area contributed by atoms with Gasteiger partial charge in [0.1, 0.15) is 0 Å². The molecule has 0 bridgehead atoms. The summed E-state index contributed by atoms with van der Waals surface area (Å²) in [6.45, 7) is 10.3. The number of hydrogen-bond donors (Lipinski definition) is 1. The van der Waals surface area contributed by atoms with Gasteiger partial charge in [0.25, 0.3) is 0 Å². The fourth-order valence-corrected chi connectivity index (χ4v) is 4.37. The maximum absolute atomic E-state index is 5.47. The predicted octanol–water partition coefficient (Wildman–Crippen LogP) is 3.02. The maximum Gasteiger partial charge on any atom is -0.00772 e. The maximum atomic E-state index is 5.47. The number of nitrogens with two attached hydrogens (primary N) is 1. The van der Waals surface area contributed by atoms with Crippen molar-refractivity contribution in [2.75, 3.05) is 12.7 Å². The minimum absolute atomic E-state index is 0.254. The van der Waals surface area contributed by atoms with Crippen LogP contribution in [0.5, 0.6) is 0 Å². The molecule has 0 aliphatic carbocycles. The molecule has 0 spiro atoms. The molecule has 0 rings (SSSR count). The number of rotatable bonds is 6. The fourth-order valence-electron chi connectivity index (χ4n) is 1.55. The van der Waals surface area contributed by atoms with E-state index in [2.05, 4.69) is 27.7 Å². The Morgan fingerprint density at radius 3 is 1.83 bits per heavy atom. The molecule has 0 aromatic heterocycles. The van der Waals surface area contributed by atoms with E-state index in [1.807, 2.05) is 0 Å². The predicted molar refractivity (Wildman–Crippen MR) is 60.3 cm³/mol. The van der Waals surface area contributed by atoms with Crippen molar-refractivity contribution in [1.29, 1.82) is 0 Å². The minimum Gasteiger partial charge on any atom is -0.330 e. The first-order chi connectivity index (χ1) is 5.59. The van der Waals surface area contributed by atoms with Gasteiger partial charge in [0.05, 0.1) is 0 Å². The molecule has 0 aromatic carbocycles. The summed E-state index contributed by atoms with van der Waals surface area (Å²) in [7, 11) is 0.254. The number of hydrogen-bond acceptors (Lipinski definition) is 1. The minimum atomic E-state index is 0.254. The fraction of sp³-hybridized carbons (Fsp3) is 1.00. The standard InChI is InChI=1S/C10H24NP/c1-9(2)12(10(3)4)8-6-5-7-11/h9-10H,5-8,11H2,1-4H3. The highest BCUT2D eigenvalue weighted by atomic mass is 31.1. The molecule has 12 heavy (non-hydrogen) atoms. The first-order valence-corrected chi connectivity index (χ1v) is 6.72. The normalized spacial score (nSPS) is 12.0. The van der Waals surface area contributed by atoms with E-state index in [1.165, 1.54) is 19.0 Å². The van der Waals surface area contributed by atoms with Gasteiger partial charge in [-0.15, -0.1) is 7.92 Å². The second kappa shape index (κ2) is 6.86. The Kier molecular flexibility index (Phi) is 7.08. The van der Waals surface area contributed by atoms with Gasteiger partial charge in [-0.2, -0.15) is 0 Å². The Morgan fingerprint density at radius 1 is 1.00 bits per heavy atom. The van der Waals surface area contributed by atoms with E-state index in [-0.39, 0.29) is 7.92 Å². The van der Waals surface area contributed by atoms with Crippen molar-refractivity contribution >= 4 is 7.92 Å². The first kappa shape index (κ1) is 12.4. The topological polar surface area (TPSA) is 26.0 Å². The summed E-state index contributed by atoms with van der Waals surface area (Å²) >= 11 is 0. The second-order valence-corrected chi connectivity index (χ2v) is 7.46. The smallest absolute Gasteiger partial charge is 0.00772 e. The molecule has 0 radical (unpaired) electrons. The molecule has 0 atom stereocenters. The second-order valence-electron chi connectivity index (χ2n) is 3.92. The van der Waals surface area contributed by atoms with Gasteiger partial charge in [-0.05, 0) is 36.9 Å². The van der Waals surface area contributed by atoms with Crippen LogP contribution in [0.25, 0.3) is 0 Å². The number of unbranched alkanes of at least 4 members (excludes halogenated alkanes) is 1. The van der Waals surface area contributed by atoms with Crippen LogP contribution in [0.4, 0.5) is 0 Å². The quantitative estimate of drug-likeness (QED) is 0.504. The van der Waals surface area contributed by atoms with Gasteiger partial charge in [-0.1, -0.05) is 27.7 Å². The van der Waals surface area contributed by atoms with Crippen LogP contribution in [0.2, 0.25) is 0 Å². The van der Waals surface area contributed by atoms with Crippen molar-refractivity contribution in [3.63, 3.8) is 0 Å². The highest BCUT2D eigenvalue weighted by Gasteiger charge is 2.15. The lowest BCUT2D eigenvalue weighted by Gasteiger charge is -2.25. The lowest BCUT2D eigenvalue weighted by molar-refractivity contribution is 0.803. The van der Waals surface area contributed by atoms with Crippen molar-refractivity contribution in [1.82, 2.24) is 0 Å². The summed E-state index contributed by atoms with van der Waals surface area (Å²) in [5, 5.41) is 0. The van der Waals surface area contributed by atoms with Crippen molar-refractivity contribution < 1.29 is 0 Å². The zero-order chi connectivity index (χ0) is 9.56. The van der Waals surface area contributed by atoms with E-state index in [0.717, 1.165) is 17.9 Å². The van der Waals surface area contributed by atoms with E-state index < -0.39 is 0 Å². The van der Waals surface area contributed by atoms with Gasteiger partial charge in [0, 0.05) is 0 Å². The zero-order valence-corrected chi connectivity index (χ0v) is 9.90. The molecular weight excluding hydrogens is 165 g/mol. The Labute approximate surface area is 78.9 Å². The summed E-state index contributed by atoms with van der Waals surface area (Å²) < 4.78 is 0. The van der Waals surface area contributed by atoms with Crippen molar-refractivity contribution in [2.45, 2.75) is 51.9 Å². The summed E-state index contributed by atoms with van der Waals surface area (Å²) in [6, 6.07) is 0. The summed E-state index contributed by atoms with van der Waals surface area (Å²) in [4.78, 5) is 0. The molecule has 0 fully saturated rings. The molecule has 0 aliphatic heterocycles. The Balaban J connectivity index is 3.64. The molecular formula is C10H24NP. The van der Waals surface area contributed by atoms with Crippen LogP contribution in [0.3, 0.4) is 0 Å². The average molecular weight is 189 g/mol. The molecule has 2 N–H and O–H groups in total. The molecule has 0 saturated carbocycles.